The van der Waals surface area contributed by atoms with Crippen LogP contribution in [0.4, 0.5) is 0 Å². The van der Waals surface area contributed by atoms with Crippen LogP contribution >= 0.6 is 0 Å². The lowest BCUT2D eigenvalue weighted by Gasteiger charge is -2.08. The molecular formula is C7H11NO4. The highest BCUT2D eigenvalue weighted by Crippen LogP contribution is 2.19. The van der Waals surface area contributed by atoms with Gasteiger partial charge in [0, 0.05) is 0 Å². The van der Waals surface area contributed by atoms with Gasteiger partial charge in [0.15, 0.2) is 24.3 Å². The molecule has 5 nitrogen and oxygen atoms in total. The molecule has 2 N–H and O–H groups in total. The number of amides is 1. The summed E-state index contributed by atoms with van der Waals surface area (Å²) in [5, 5.41) is 0. The maximum atomic E-state index is 10.9. The Bertz CT molecular complexity index is 193. The molecule has 5 heteroatoms. The maximum Gasteiger partial charge on any atom is 0.249 e. The van der Waals surface area contributed by atoms with E-state index in [1.807, 2.05) is 0 Å². The maximum absolute atomic E-state index is 10.9. The Balaban J connectivity index is 2.72. The largest absolute Gasteiger partial charge is 0.367 e. The summed E-state index contributed by atoms with van der Waals surface area (Å²) in [5.74, 6) is -0.914. The Morgan fingerprint density at radius 3 is 2.08 bits per heavy atom. The van der Waals surface area contributed by atoms with Crippen molar-refractivity contribution in [1.29, 1.82) is 0 Å². The van der Waals surface area contributed by atoms with E-state index in [4.69, 9.17) is 15.2 Å². The van der Waals surface area contributed by atoms with Crippen molar-refractivity contribution in [2.45, 2.75) is 32.3 Å². The van der Waals surface area contributed by atoms with E-state index in [0.717, 1.165) is 0 Å². The number of nitrogens with two attached hydrogens (primary N) is 1. The molecule has 0 aliphatic carbocycles. The van der Waals surface area contributed by atoms with Crippen LogP contribution in [0, 0.1) is 0 Å². The van der Waals surface area contributed by atoms with Gasteiger partial charge >= 0.3 is 0 Å². The lowest BCUT2D eigenvalue weighted by molar-refractivity contribution is -0.133. The zero-order valence-corrected chi connectivity index (χ0v) is 6.94. The summed E-state index contributed by atoms with van der Waals surface area (Å²) < 4.78 is 10.0. The van der Waals surface area contributed by atoms with Crippen molar-refractivity contribution in [3.05, 3.63) is 0 Å². The van der Waals surface area contributed by atoms with E-state index in [-0.39, 0.29) is 5.78 Å². The molecule has 1 rings (SSSR count). The predicted octanol–water partition coefficient (Wildman–Crippen LogP) is -0.809. The van der Waals surface area contributed by atoms with Crippen molar-refractivity contribution in [1.82, 2.24) is 0 Å². The van der Waals surface area contributed by atoms with Gasteiger partial charge in [-0.05, 0) is 13.8 Å². The van der Waals surface area contributed by atoms with Gasteiger partial charge in [-0.15, -0.1) is 0 Å². The van der Waals surface area contributed by atoms with Gasteiger partial charge in [-0.2, -0.15) is 0 Å². The van der Waals surface area contributed by atoms with E-state index in [9.17, 15) is 9.59 Å². The molecule has 1 fully saturated rings. The van der Waals surface area contributed by atoms with Crippen LogP contribution < -0.4 is 5.73 Å². The molecule has 0 spiro atoms. The molecule has 1 amide bonds. The minimum atomic E-state index is -0.933. The van der Waals surface area contributed by atoms with Crippen LogP contribution in [-0.2, 0) is 19.1 Å². The topological polar surface area (TPSA) is 78.6 Å². The highest BCUT2D eigenvalue weighted by molar-refractivity contribution is 5.90. The summed E-state index contributed by atoms with van der Waals surface area (Å²) in [6.07, 6.45) is -2.31. The molecule has 1 saturated heterocycles. The number of ether oxygens (including phenoxy) is 2. The monoisotopic (exact) mass is 173 g/mol. The van der Waals surface area contributed by atoms with Gasteiger partial charge in [-0.3, -0.25) is 9.59 Å². The summed E-state index contributed by atoms with van der Waals surface area (Å²) >= 11 is 0. The second-order valence-corrected chi connectivity index (χ2v) is 2.69. The van der Waals surface area contributed by atoms with Gasteiger partial charge in [0.25, 0.3) is 0 Å². The summed E-state index contributed by atoms with van der Waals surface area (Å²) in [6, 6.07) is 0. The van der Waals surface area contributed by atoms with E-state index < -0.39 is 24.4 Å². The number of ketones is 1. The number of carbonyl (C=O) groups is 2. The van der Waals surface area contributed by atoms with Crippen LogP contribution in [0.2, 0.25) is 0 Å². The molecule has 1 heterocycles. The SMILES string of the molecule is CC(=O)C1OC(C)OC1C(N)=O. The van der Waals surface area contributed by atoms with Crippen LogP contribution in [-0.4, -0.2) is 30.2 Å². The molecule has 1 aliphatic rings. The Morgan fingerprint density at radius 1 is 1.25 bits per heavy atom. The molecular weight excluding hydrogens is 162 g/mol. The van der Waals surface area contributed by atoms with E-state index in [1.165, 1.54) is 6.92 Å². The number of hydrogen-bond acceptors (Lipinski definition) is 4. The van der Waals surface area contributed by atoms with Crippen LogP contribution in [0.1, 0.15) is 13.8 Å². The van der Waals surface area contributed by atoms with Gasteiger partial charge in [0.1, 0.15) is 0 Å². The number of rotatable bonds is 2. The highest BCUT2D eigenvalue weighted by atomic mass is 16.7. The number of Topliss-reactive ketones (excluding diaryl/α,β-unsaturated/α-hetero) is 1. The summed E-state index contributed by atoms with van der Waals surface area (Å²) in [4.78, 5) is 21.6. The van der Waals surface area contributed by atoms with E-state index >= 15 is 0 Å². The van der Waals surface area contributed by atoms with Crippen molar-refractivity contribution >= 4 is 11.7 Å². The standard InChI is InChI=1S/C7H11NO4/c1-3(9)5-6(7(8)10)12-4(2)11-5/h4-6H,1-2H3,(H2,8,10). The van der Waals surface area contributed by atoms with Gasteiger partial charge in [0.2, 0.25) is 5.91 Å². The first-order chi connectivity index (χ1) is 5.52. The van der Waals surface area contributed by atoms with Crippen LogP contribution in [0.5, 0.6) is 0 Å². The zero-order valence-electron chi connectivity index (χ0n) is 6.94. The van der Waals surface area contributed by atoms with E-state index in [0.29, 0.717) is 0 Å². The first kappa shape index (κ1) is 9.15. The second-order valence-electron chi connectivity index (χ2n) is 2.69. The number of hydrogen-bond donors (Lipinski definition) is 1. The number of carbonyl (C=O) groups excluding carboxylic acids is 2. The fourth-order valence-corrected chi connectivity index (χ4v) is 1.11. The fourth-order valence-electron chi connectivity index (χ4n) is 1.11. The second kappa shape index (κ2) is 3.20. The van der Waals surface area contributed by atoms with E-state index in [1.54, 1.807) is 6.92 Å². The van der Waals surface area contributed by atoms with Gasteiger partial charge in [0.05, 0.1) is 0 Å². The molecule has 0 aromatic carbocycles. The van der Waals surface area contributed by atoms with Crippen molar-refractivity contribution in [2.24, 2.45) is 5.73 Å². The molecule has 68 valence electrons. The normalized spacial score (nSPS) is 35.0. The molecule has 0 aromatic heterocycles. The first-order valence-electron chi connectivity index (χ1n) is 3.63. The van der Waals surface area contributed by atoms with Gasteiger partial charge in [-0.25, -0.2) is 0 Å². The Labute approximate surface area is 69.8 Å². The summed E-state index contributed by atoms with van der Waals surface area (Å²) in [5.41, 5.74) is 4.99. The molecule has 0 bridgehead atoms. The molecule has 0 aromatic rings. The lowest BCUT2D eigenvalue weighted by atomic mass is 10.1. The number of primary amides is 1. The minimum absolute atomic E-state index is 0.247. The quantitative estimate of drug-likeness (QED) is 0.592. The first-order valence-corrected chi connectivity index (χ1v) is 3.63. The van der Waals surface area contributed by atoms with Crippen molar-refractivity contribution in [2.75, 3.05) is 0 Å². The van der Waals surface area contributed by atoms with Crippen molar-refractivity contribution in [3.63, 3.8) is 0 Å². The highest BCUT2D eigenvalue weighted by Gasteiger charge is 2.40. The molecule has 3 atom stereocenters. The van der Waals surface area contributed by atoms with Crippen LogP contribution in [0.3, 0.4) is 0 Å². The minimum Gasteiger partial charge on any atom is -0.367 e. The average molecular weight is 173 g/mol. The average Bonchev–Trinajstić information content (AvgIpc) is 2.31. The Hall–Kier alpha value is -0.940. The smallest absolute Gasteiger partial charge is 0.249 e. The summed E-state index contributed by atoms with van der Waals surface area (Å²) in [7, 11) is 0. The Kier molecular flexibility index (Phi) is 2.44. The third-order valence-corrected chi connectivity index (χ3v) is 1.63. The third kappa shape index (κ3) is 1.62. The molecule has 0 saturated carbocycles. The van der Waals surface area contributed by atoms with Crippen LogP contribution in [0.25, 0.3) is 0 Å². The zero-order chi connectivity index (χ0) is 9.30. The van der Waals surface area contributed by atoms with Gasteiger partial charge in [-0.1, -0.05) is 0 Å². The molecule has 12 heavy (non-hydrogen) atoms. The molecule has 1 aliphatic heterocycles. The van der Waals surface area contributed by atoms with Crippen molar-refractivity contribution < 1.29 is 19.1 Å². The van der Waals surface area contributed by atoms with Crippen LogP contribution in [0.15, 0.2) is 0 Å². The third-order valence-electron chi connectivity index (χ3n) is 1.63. The molecule has 3 unspecified atom stereocenters. The van der Waals surface area contributed by atoms with E-state index in [2.05, 4.69) is 0 Å². The summed E-state index contributed by atoms with van der Waals surface area (Å²) in [6.45, 7) is 2.95. The molecule has 0 radical (unpaired) electrons. The predicted molar refractivity (Wildman–Crippen MR) is 39.1 cm³/mol. The lowest BCUT2D eigenvalue weighted by Crippen LogP contribution is -2.40. The Morgan fingerprint density at radius 2 is 1.75 bits per heavy atom. The van der Waals surface area contributed by atoms with Crippen molar-refractivity contribution in [3.8, 4) is 0 Å². The van der Waals surface area contributed by atoms with Gasteiger partial charge < -0.3 is 15.2 Å². The fraction of sp³-hybridized carbons (Fsp3) is 0.714.